The molecule has 8 nitrogen and oxygen atoms in total. The molecule has 1 atom stereocenters. The summed E-state index contributed by atoms with van der Waals surface area (Å²) in [6, 6.07) is 2.23. The van der Waals surface area contributed by atoms with E-state index >= 15 is 0 Å². The first-order chi connectivity index (χ1) is 15.9. The van der Waals surface area contributed by atoms with Gasteiger partial charge in [-0.2, -0.15) is 5.26 Å². The molecular formula is C24H29N3O5S. The molecule has 0 bridgehead atoms. The van der Waals surface area contributed by atoms with Gasteiger partial charge in [0, 0.05) is 30.8 Å². The minimum Gasteiger partial charge on any atom is -0.497 e. The van der Waals surface area contributed by atoms with Gasteiger partial charge in [0.05, 0.1) is 25.9 Å². The fourth-order valence-electron chi connectivity index (χ4n) is 3.76. The van der Waals surface area contributed by atoms with Crippen LogP contribution in [0.1, 0.15) is 35.3 Å². The summed E-state index contributed by atoms with van der Waals surface area (Å²) in [6.45, 7) is 9.70. The first-order valence-electron chi connectivity index (χ1n) is 10.9. The molecule has 1 aromatic heterocycles. The molecule has 1 unspecified atom stereocenters. The summed E-state index contributed by atoms with van der Waals surface area (Å²) in [5, 5.41) is 13.1. The van der Waals surface area contributed by atoms with Crippen LogP contribution >= 0.6 is 11.3 Å². The third-order valence-electron chi connectivity index (χ3n) is 5.58. The van der Waals surface area contributed by atoms with Crippen molar-refractivity contribution in [3.05, 3.63) is 52.6 Å². The van der Waals surface area contributed by atoms with Crippen LogP contribution in [0, 0.1) is 11.3 Å². The lowest BCUT2D eigenvalue weighted by Crippen LogP contribution is -2.42. The highest BCUT2D eigenvalue weighted by atomic mass is 32.1. The van der Waals surface area contributed by atoms with Crippen molar-refractivity contribution >= 4 is 28.3 Å². The van der Waals surface area contributed by atoms with E-state index in [0.29, 0.717) is 68.3 Å². The fraction of sp³-hybridized carbons (Fsp3) is 0.458. The molecule has 0 radical (unpaired) electrons. The number of nitriles is 1. The van der Waals surface area contributed by atoms with Crippen LogP contribution in [0.2, 0.25) is 0 Å². The number of morpholine rings is 1. The zero-order valence-corrected chi connectivity index (χ0v) is 19.7. The van der Waals surface area contributed by atoms with E-state index in [2.05, 4.69) is 24.5 Å². The second-order valence-corrected chi connectivity index (χ2v) is 8.93. The number of hydrogen-bond donors (Lipinski definition) is 1. The maximum atomic E-state index is 12.5. The van der Waals surface area contributed by atoms with Crippen LogP contribution in [0.3, 0.4) is 0 Å². The van der Waals surface area contributed by atoms with Gasteiger partial charge in [0.1, 0.15) is 22.9 Å². The third-order valence-corrected chi connectivity index (χ3v) is 6.75. The Balaban J connectivity index is 1.58. The van der Waals surface area contributed by atoms with Gasteiger partial charge in [-0.05, 0) is 37.0 Å². The molecule has 33 heavy (non-hydrogen) atoms. The van der Waals surface area contributed by atoms with Crippen molar-refractivity contribution in [2.45, 2.75) is 38.2 Å². The molecule has 2 aliphatic rings. The lowest BCUT2D eigenvalue weighted by atomic mass is 9.94. The fourth-order valence-corrected chi connectivity index (χ4v) is 5.04. The summed E-state index contributed by atoms with van der Waals surface area (Å²) in [7, 11) is 1.55. The smallest absolute Gasteiger partial charge is 0.410 e. The molecule has 0 spiro atoms. The lowest BCUT2D eigenvalue weighted by Gasteiger charge is -2.29. The monoisotopic (exact) mass is 471 g/mol. The van der Waals surface area contributed by atoms with Crippen LogP contribution in [0.4, 0.5) is 9.80 Å². The number of anilines is 1. The first kappa shape index (κ1) is 24.6. The largest absolute Gasteiger partial charge is 0.497 e. The van der Waals surface area contributed by atoms with Crippen LogP contribution in [-0.2, 0) is 31.8 Å². The molecule has 2 heterocycles. The number of thiophene rings is 1. The van der Waals surface area contributed by atoms with Crippen LogP contribution < -0.4 is 5.32 Å². The average molecular weight is 472 g/mol. The second kappa shape index (κ2) is 11.7. The van der Waals surface area contributed by atoms with Crippen molar-refractivity contribution in [2.24, 2.45) is 0 Å². The highest BCUT2D eigenvalue weighted by Gasteiger charge is 2.30. The average Bonchev–Trinajstić information content (AvgIpc) is 3.17. The van der Waals surface area contributed by atoms with Crippen molar-refractivity contribution < 1.29 is 23.8 Å². The number of amides is 2. The number of hydrogen-bond acceptors (Lipinski definition) is 7. The third kappa shape index (κ3) is 6.46. The highest BCUT2D eigenvalue weighted by Crippen LogP contribution is 2.38. The summed E-state index contributed by atoms with van der Waals surface area (Å²) >= 11 is 1.39. The Morgan fingerprint density at radius 2 is 2.12 bits per heavy atom. The zero-order valence-electron chi connectivity index (χ0n) is 18.9. The standard InChI is InChI=1S/C24H29N3O5S/c1-4-17(30-3)13-16(2)5-8-22(28)26-23-20(15-25)19-7-6-18(14-21(19)33-23)32-24(29)27-9-11-31-12-10-27/h4,13,18H,1-2,5-12,14H2,3H3,(H,26,28)/b17-13+. The van der Waals surface area contributed by atoms with E-state index in [1.54, 1.807) is 24.2 Å². The van der Waals surface area contributed by atoms with E-state index in [9.17, 15) is 14.9 Å². The van der Waals surface area contributed by atoms with Crippen LogP contribution in [0.25, 0.3) is 0 Å². The predicted octanol–water partition coefficient (Wildman–Crippen LogP) is 3.94. The molecule has 2 amide bonds. The number of carbonyl (C=O) groups is 2. The Hall–Kier alpha value is -3.09. The predicted molar refractivity (Wildman–Crippen MR) is 126 cm³/mol. The van der Waals surface area contributed by atoms with E-state index in [1.165, 1.54) is 11.3 Å². The molecule has 1 aliphatic carbocycles. The van der Waals surface area contributed by atoms with Gasteiger partial charge in [0.15, 0.2) is 0 Å². The summed E-state index contributed by atoms with van der Waals surface area (Å²) in [5.41, 5.74) is 2.20. The van der Waals surface area contributed by atoms with Gasteiger partial charge in [0.25, 0.3) is 0 Å². The van der Waals surface area contributed by atoms with Gasteiger partial charge < -0.3 is 24.4 Å². The van der Waals surface area contributed by atoms with E-state index in [0.717, 1.165) is 16.0 Å². The second-order valence-electron chi connectivity index (χ2n) is 7.83. The molecule has 1 saturated heterocycles. The Kier molecular flexibility index (Phi) is 8.69. The molecule has 1 aliphatic heterocycles. The van der Waals surface area contributed by atoms with Crippen LogP contribution in [0.5, 0.6) is 0 Å². The molecule has 1 N–H and O–H groups in total. The molecule has 176 valence electrons. The molecular weight excluding hydrogens is 442 g/mol. The molecule has 0 saturated carbocycles. The summed E-state index contributed by atoms with van der Waals surface area (Å²) in [6.07, 6.45) is 5.28. The van der Waals surface area contributed by atoms with Crippen molar-refractivity contribution in [2.75, 3.05) is 38.7 Å². The normalized spacial score (nSPS) is 18.0. The van der Waals surface area contributed by atoms with Crippen molar-refractivity contribution in [3.63, 3.8) is 0 Å². The maximum Gasteiger partial charge on any atom is 0.410 e. The summed E-state index contributed by atoms with van der Waals surface area (Å²) < 4.78 is 16.1. The quantitative estimate of drug-likeness (QED) is 0.455. The van der Waals surface area contributed by atoms with Gasteiger partial charge in [0.2, 0.25) is 5.91 Å². The van der Waals surface area contributed by atoms with E-state index < -0.39 is 0 Å². The highest BCUT2D eigenvalue weighted by molar-refractivity contribution is 7.16. The number of rotatable bonds is 8. The van der Waals surface area contributed by atoms with Gasteiger partial charge in [-0.3, -0.25) is 4.79 Å². The first-order valence-corrected chi connectivity index (χ1v) is 11.7. The van der Waals surface area contributed by atoms with E-state index in [-0.39, 0.29) is 24.5 Å². The molecule has 1 fully saturated rings. The van der Waals surface area contributed by atoms with Gasteiger partial charge in [-0.15, -0.1) is 11.3 Å². The minimum atomic E-state index is -0.320. The number of fused-ring (bicyclic) bond motifs is 1. The summed E-state index contributed by atoms with van der Waals surface area (Å²) in [5.74, 6) is 0.398. The number of carbonyl (C=O) groups excluding carboxylic acids is 2. The lowest BCUT2D eigenvalue weighted by molar-refractivity contribution is -0.116. The molecule has 1 aromatic rings. The Morgan fingerprint density at radius 1 is 1.36 bits per heavy atom. The van der Waals surface area contributed by atoms with E-state index in [4.69, 9.17) is 14.2 Å². The zero-order chi connectivity index (χ0) is 23.8. The van der Waals surface area contributed by atoms with E-state index in [1.807, 2.05) is 0 Å². The Bertz CT molecular complexity index is 985. The minimum absolute atomic E-state index is 0.187. The number of nitrogens with zero attached hydrogens (tertiary/aromatic N) is 2. The van der Waals surface area contributed by atoms with Crippen molar-refractivity contribution in [3.8, 4) is 6.07 Å². The topological polar surface area (TPSA) is 101 Å². The number of nitrogens with one attached hydrogen (secondary N) is 1. The Labute approximate surface area is 198 Å². The van der Waals surface area contributed by atoms with Crippen LogP contribution in [-0.4, -0.2) is 56.4 Å². The number of methoxy groups -OCH3 is 1. The molecule has 9 heteroatoms. The van der Waals surface area contributed by atoms with Crippen molar-refractivity contribution in [1.82, 2.24) is 4.90 Å². The SMILES string of the molecule is C=C/C(=C\C(=C)CCC(=O)Nc1sc2c(c1C#N)CCC(OC(=O)N1CCOCC1)C2)OC. The Morgan fingerprint density at radius 3 is 2.79 bits per heavy atom. The number of allylic oxidation sites excluding steroid dienone is 3. The molecule has 0 aromatic carbocycles. The van der Waals surface area contributed by atoms with Crippen molar-refractivity contribution in [1.29, 1.82) is 5.26 Å². The maximum absolute atomic E-state index is 12.5. The van der Waals surface area contributed by atoms with Crippen LogP contribution in [0.15, 0.2) is 36.6 Å². The molecule has 3 rings (SSSR count). The summed E-state index contributed by atoms with van der Waals surface area (Å²) in [4.78, 5) is 27.5. The van der Waals surface area contributed by atoms with Gasteiger partial charge >= 0.3 is 6.09 Å². The van der Waals surface area contributed by atoms with Gasteiger partial charge in [-0.1, -0.05) is 18.7 Å². The van der Waals surface area contributed by atoms with Gasteiger partial charge in [-0.25, -0.2) is 4.79 Å². The number of ether oxygens (including phenoxy) is 3.